The molecule has 7 heteroatoms. The second-order valence-corrected chi connectivity index (χ2v) is 4.28. The first-order valence-corrected chi connectivity index (χ1v) is 5.89. The van der Waals surface area contributed by atoms with E-state index in [0.717, 1.165) is 0 Å². The van der Waals surface area contributed by atoms with Crippen molar-refractivity contribution in [1.82, 2.24) is 14.3 Å². The monoisotopic (exact) mass is 257 g/mol. The Morgan fingerprint density at radius 2 is 2.11 bits per heavy atom. The highest BCUT2D eigenvalue weighted by Gasteiger charge is 2.11. The van der Waals surface area contributed by atoms with Crippen LogP contribution in [0.1, 0.15) is 32.1 Å². The summed E-state index contributed by atoms with van der Waals surface area (Å²) in [7, 11) is 0. The van der Waals surface area contributed by atoms with Gasteiger partial charge in [0.15, 0.2) is 0 Å². The molecule has 18 heavy (non-hydrogen) atoms. The standard InChI is InChI=1S/C11H19N3O4/c1-8(2)14-11(17)13(9(3)12-14)5-7-18-6-4-10(15)16/h8H,4-7H2,1-3H3,(H,15,16). The van der Waals surface area contributed by atoms with E-state index in [9.17, 15) is 9.59 Å². The zero-order valence-corrected chi connectivity index (χ0v) is 10.9. The first kappa shape index (κ1) is 14.4. The molecule has 1 heterocycles. The lowest BCUT2D eigenvalue weighted by Gasteiger charge is -2.04. The predicted molar refractivity (Wildman–Crippen MR) is 64.7 cm³/mol. The van der Waals surface area contributed by atoms with Gasteiger partial charge in [-0.25, -0.2) is 9.48 Å². The van der Waals surface area contributed by atoms with E-state index >= 15 is 0 Å². The summed E-state index contributed by atoms with van der Waals surface area (Å²) in [5.41, 5.74) is -0.163. The SMILES string of the molecule is Cc1nn(C(C)C)c(=O)n1CCOCCC(=O)O. The first-order valence-electron chi connectivity index (χ1n) is 5.89. The Bertz CT molecular complexity index is 461. The molecular formula is C11H19N3O4. The van der Waals surface area contributed by atoms with Gasteiger partial charge >= 0.3 is 11.7 Å². The van der Waals surface area contributed by atoms with Crippen LogP contribution in [0, 0.1) is 6.92 Å². The minimum absolute atomic E-state index is 0.0189. The van der Waals surface area contributed by atoms with Crippen molar-refractivity contribution in [3.05, 3.63) is 16.3 Å². The highest BCUT2D eigenvalue weighted by atomic mass is 16.5. The average Bonchev–Trinajstić information content (AvgIpc) is 2.55. The van der Waals surface area contributed by atoms with E-state index in [1.54, 1.807) is 6.92 Å². The minimum Gasteiger partial charge on any atom is -0.481 e. The third-order valence-electron chi connectivity index (χ3n) is 2.48. The molecule has 102 valence electrons. The van der Waals surface area contributed by atoms with Crippen molar-refractivity contribution in [3.8, 4) is 0 Å². The Morgan fingerprint density at radius 1 is 1.44 bits per heavy atom. The molecule has 0 saturated heterocycles. The second kappa shape index (κ2) is 6.34. The van der Waals surface area contributed by atoms with Crippen molar-refractivity contribution in [2.75, 3.05) is 13.2 Å². The molecule has 0 spiro atoms. The van der Waals surface area contributed by atoms with Crippen LogP contribution in [-0.2, 0) is 16.1 Å². The lowest BCUT2D eigenvalue weighted by molar-refractivity contribution is -0.138. The number of nitrogens with zero attached hydrogens (tertiary/aromatic N) is 3. The number of carboxylic acid groups (broad SMARTS) is 1. The second-order valence-electron chi connectivity index (χ2n) is 4.28. The number of aliphatic carboxylic acids is 1. The van der Waals surface area contributed by atoms with E-state index in [1.165, 1.54) is 9.25 Å². The van der Waals surface area contributed by atoms with Crippen LogP contribution in [0.4, 0.5) is 0 Å². The number of carboxylic acids is 1. The van der Waals surface area contributed by atoms with Crippen LogP contribution in [0.15, 0.2) is 4.79 Å². The molecule has 0 radical (unpaired) electrons. The van der Waals surface area contributed by atoms with Gasteiger partial charge in [0, 0.05) is 0 Å². The topological polar surface area (TPSA) is 86.4 Å². The van der Waals surface area contributed by atoms with Crippen molar-refractivity contribution < 1.29 is 14.6 Å². The van der Waals surface area contributed by atoms with Crippen LogP contribution in [-0.4, -0.2) is 38.6 Å². The number of aryl methyl sites for hydroxylation is 1. The smallest absolute Gasteiger partial charge is 0.346 e. The summed E-state index contributed by atoms with van der Waals surface area (Å²) >= 11 is 0. The van der Waals surface area contributed by atoms with Crippen molar-refractivity contribution in [2.45, 2.75) is 39.8 Å². The number of ether oxygens (including phenoxy) is 1. The summed E-state index contributed by atoms with van der Waals surface area (Å²) < 4.78 is 8.10. The minimum atomic E-state index is -0.893. The molecule has 1 N–H and O–H groups in total. The highest BCUT2D eigenvalue weighted by Crippen LogP contribution is 1.99. The molecule has 0 aromatic carbocycles. The fraction of sp³-hybridized carbons (Fsp3) is 0.727. The summed E-state index contributed by atoms with van der Waals surface area (Å²) in [5, 5.41) is 12.6. The highest BCUT2D eigenvalue weighted by molar-refractivity contribution is 5.66. The lowest BCUT2D eigenvalue weighted by Crippen LogP contribution is -2.27. The van der Waals surface area contributed by atoms with Gasteiger partial charge in [-0.2, -0.15) is 5.10 Å². The molecule has 7 nitrogen and oxygen atoms in total. The molecule has 0 saturated carbocycles. The number of hydrogen-bond acceptors (Lipinski definition) is 4. The molecule has 1 aromatic heterocycles. The zero-order valence-electron chi connectivity index (χ0n) is 10.9. The van der Waals surface area contributed by atoms with Gasteiger partial charge in [-0.05, 0) is 20.8 Å². The average molecular weight is 257 g/mol. The van der Waals surface area contributed by atoms with Gasteiger partial charge in [0.05, 0.1) is 32.2 Å². The van der Waals surface area contributed by atoms with Crippen molar-refractivity contribution in [1.29, 1.82) is 0 Å². The molecule has 0 fully saturated rings. The Morgan fingerprint density at radius 3 is 2.61 bits per heavy atom. The Balaban J connectivity index is 2.53. The van der Waals surface area contributed by atoms with Gasteiger partial charge in [0.1, 0.15) is 5.82 Å². The maximum absolute atomic E-state index is 11.9. The summed E-state index contributed by atoms with van der Waals surface area (Å²) in [6.07, 6.45) is -0.0286. The number of carbonyl (C=O) groups is 1. The largest absolute Gasteiger partial charge is 0.481 e. The Hall–Kier alpha value is -1.63. The maximum atomic E-state index is 11.9. The van der Waals surface area contributed by atoms with Crippen molar-refractivity contribution in [3.63, 3.8) is 0 Å². The van der Waals surface area contributed by atoms with Crippen LogP contribution < -0.4 is 5.69 Å². The zero-order chi connectivity index (χ0) is 13.7. The Labute approximate surface area is 105 Å². The van der Waals surface area contributed by atoms with E-state index in [2.05, 4.69) is 5.10 Å². The molecular weight excluding hydrogens is 238 g/mol. The fourth-order valence-electron chi connectivity index (χ4n) is 1.53. The van der Waals surface area contributed by atoms with Crippen LogP contribution in [0.25, 0.3) is 0 Å². The molecule has 0 aliphatic rings. The fourth-order valence-corrected chi connectivity index (χ4v) is 1.53. The van der Waals surface area contributed by atoms with Gasteiger partial charge < -0.3 is 9.84 Å². The van der Waals surface area contributed by atoms with Gasteiger partial charge in [-0.3, -0.25) is 9.36 Å². The predicted octanol–water partition coefficient (Wildman–Crippen LogP) is 0.425. The molecule has 1 rings (SSSR count). The van der Waals surface area contributed by atoms with Crippen molar-refractivity contribution in [2.24, 2.45) is 0 Å². The third kappa shape index (κ3) is 3.69. The van der Waals surface area contributed by atoms with Crippen molar-refractivity contribution >= 4 is 5.97 Å². The molecule has 0 unspecified atom stereocenters. The van der Waals surface area contributed by atoms with Gasteiger partial charge in [-0.1, -0.05) is 0 Å². The normalized spacial score (nSPS) is 11.1. The van der Waals surface area contributed by atoms with Gasteiger partial charge in [0.25, 0.3) is 0 Å². The summed E-state index contributed by atoms with van der Waals surface area (Å²) in [4.78, 5) is 22.2. The third-order valence-corrected chi connectivity index (χ3v) is 2.48. The van der Waals surface area contributed by atoms with Crippen LogP contribution in [0.2, 0.25) is 0 Å². The number of rotatable bonds is 7. The van der Waals surface area contributed by atoms with Gasteiger partial charge in [0.2, 0.25) is 0 Å². The maximum Gasteiger partial charge on any atom is 0.346 e. The first-order chi connectivity index (χ1) is 8.43. The van der Waals surface area contributed by atoms with E-state index < -0.39 is 5.97 Å². The molecule has 0 aliphatic heterocycles. The van der Waals surface area contributed by atoms with Crippen LogP contribution in [0.5, 0.6) is 0 Å². The van der Waals surface area contributed by atoms with Gasteiger partial charge in [-0.15, -0.1) is 0 Å². The van der Waals surface area contributed by atoms with E-state index in [-0.39, 0.29) is 24.8 Å². The molecule has 0 amide bonds. The quantitative estimate of drug-likeness (QED) is 0.716. The summed E-state index contributed by atoms with van der Waals surface area (Å²) in [5.74, 6) is -0.258. The van der Waals surface area contributed by atoms with Crippen LogP contribution >= 0.6 is 0 Å². The number of hydrogen-bond donors (Lipinski definition) is 1. The van der Waals surface area contributed by atoms with Crippen LogP contribution in [0.3, 0.4) is 0 Å². The lowest BCUT2D eigenvalue weighted by atomic mass is 10.4. The van der Waals surface area contributed by atoms with E-state index in [4.69, 9.17) is 9.84 Å². The molecule has 0 atom stereocenters. The number of aromatic nitrogens is 3. The molecule has 0 bridgehead atoms. The Kier molecular flexibility index (Phi) is 5.08. The molecule has 1 aromatic rings. The summed E-state index contributed by atoms with van der Waals surface area (Å²) in [6, 6.07) is 0.0189. The molecule has 0 aliphatic carbocycles. The van der Waals surface area contributed by atoms with E-state index in [0.29, 0.717) is 19.0 Å². The summed E-state index contributed by atoms with van der Waals surface area (Å²) in [6.45, 7) is 6.39. The van der Waals surface area contributed by atoms with E-state index in [1.807, 2.05) is 13.8 Å².